The van der Waals surface area contributed by atoms with Crippen LogP contribution in [0.1, 0.15) is 0 Å². The Morgan fingerprint density at radius 3 is 2.24 bits per heavy atom. The number of hydrogen-bond donors (Lipinski definition) is 1. The van der Waals surface area contributed by atoms with Crippen molar-refractivity contribution in [3.05, 3.63) is 61.5 Å². The highest BCUT2D eigenvalue weighted by Crippen LogP contribution is 2.34. The third-order valence-electron chi connectivity index (χ3n) is 2.66. The molecule has 0 fully saturated rings. The van der Waals surface area contributed by atoms with Gasteiger partial charge in [0.2, 0.25) is 0 Å². The Hall–Kier alpha value is -1.93. The summed E-state index contributed by atoms with van der Waals surface area (Å²) in [6.45, 7) is 0. The van der Waals surface area contributed by atoms with E-state index in [9.17, 15) is 20.0 Å². The van der Waals surface area contributed by atoms with Crippen molar-refractivity contribution in [2.45, 2.75) is 0 Å². The molecule has 1 N–H and O–H groups in total. The quantitative estimate of drug-likeness (QED) is 0.568. The van der Waals surface area contributed by atoms with Crippen molar-refractivity contribution in [1.29, 1.82) is 0 Å². The second kappa shape index (κ2) is 6.23. The van der Waals surface area contributed by atoms with E-state index in [2.05, 4.69) is 31.9 Å². The maximum absolute atomic E-state index is 11.5. The Labute approximate surface area is 136 Å². The smallest absolute Gasteiger partial charge is 0.416 e. The van der Waals surface area contributed by atoms with Gasteiger partial charge in [-0.2, -0.15) is 0 Å². The minimum atomic E-state index is -1.19. The third-order valence-corrected chi connectivity index (χ3v) is 3.79. The topological polar surface area (TPSA) is 83.7 Å². The van der Waals surface area contributed by atoms with E-state index < -0.39 is 11.0 Å². The zero-order chi connectivity index (χ0) is 15.6. The Bertz CT molecular complexity index is 704. The van der Waals surface area contributed by atoms with Crippen molar-refractivity contribution >= 4 is 55.0 Å². The Balaban J connectivity index is 2.48. The van der Waals surface area contributed by atoms with Crippen molar-refractivity contribution in [2.24, 2.45) is 0 Å². The summed E-state index contributed by atoms with van der Waals surface area (Å²) in [5.74, 6) is 0. The van der Waals surface area contributed by atoms with Crippen LogP contribution in [0.25, 0.3) is 0 Å². The molecule has 0 heterocycles. The molecule has 2 aromatic rings. The van der Waals surface area contributed by atoms with Gasteiger partial charge in [0.1, 0.15) is 0 Å². The molecule has 0 aromatic heterocycles. The van der Waals surface area contributed by atoms with Gasteiger partial charge in [0.25, 0.3) is 5.69 Å². The van der Waals surface area contributed by atoms with Crippen LogP contribution in [0.3, 0.4) is 0 Å². The number of amides is 1. The number of rotatable bonds is 3. The fourth-order valence-corrected chi connectivity index (χ4v) is 2.96. The lowest BCUT2D eigenvalue weighted by molar-refractivity contribution is -0.384. The highest BCUT2D eigenvalue weighted by Gasteiger charge is 2.20. The van der Waals surface area contributed by atoms with Crippen LogP contribution >= 0.6 is 31.9 Å². The zero-order valence-corrected chi connectivity index (χ0v) is 13.5. The zero-order valence-electron chi connectivity index (χ0n) is 10.4. The minimum Gasteiger partial charge on any atom is -0.464 e. The Morgan fingerprint density at radius 1 is 1.14 bits per heavy atom. The van der Waals surface area contributed by atoms with Gasteiger partial charge < -0.3 is 5.11 Å². The molecule has 8 heteroatoms. The molecular formula is C13H8Br2N2O4. The van der Waals surface area contributed by atoms with Crippen molar-refractivity contribution in [2.75, 3.05) is 4.90 Å². The summed E-state index contributed by atoms with van der Waals surface area (Å²) in [4.78, 5) is 22.7. The van der Waals surface area contributed by atoms with Gasteiger partial charge in [-0.05, 0) is 46.3 Å². The fourth-order valence-electron chi connectivity index (χ4n) is 1.74. The number of carboxylic acid groups (broad SMARTS) is 1. The lowest BCUT2D eigenvalue weighted by atomic mass is 10.2. The first kappa shape index (κ1) is 15.5. The van der Waals surface area contributed by atoms with E-state index in [1.165, 1.54) is 24.3 Å². The fraction of sp³-hybridized carbons (Fsp3) is 0. The van der Waals surface area contributed by atoms with E-state index in [-0.39, 0.29) is 5.69 Å². The maximum Gasteiger partial charge on any atom is 0.416 e. The molecule has 0 aliphatic heterocycles. The SMILES string of the molecule is O=C(O)N(c1ccc([N+](=O)[O-])cc1)c1ccc(Br)cc1Br. The van der Waals surface area contributed by atoms with Crippen LogP contribution in [-0.4, -0.2) is 16.1 Å². The van der Waals surface area contributed by atoms with Crippen LogP contribution in [-0.2, 0) is 0 Å². The van der Waals surface area contributed by atoms with Crippen molar-refractivity contribution in [1.82, 2.24) is 0 Å². The third kappa shape index (κ3) is 3.40. The summed E-state index contributed by atoms with van der Waals surface area (Å²) >= 11 is 6.60. The lowest BCUT2D eigenvalue weighted by Gasteiger charge is -2.20. The largest absolute Gasteiger partial charge is 0.464 e. The molecule has 0 bridgehead atoms. The predicted octanol–water partition coefficient (Wildman–Crippen LogP) is 4.94. The summed E-state index contributed by atoms with van der Waals surface area (Å²) in [7, 11) is 0. The van der Waals surface area contributed by atoms with Gasteiger partial charge in [-0.15, -0.1) is 0 Å². The van der Waals surface area contributed by atoms with Crippen LogP contribution in [0, 0.1) is 10.1 Å². The Kier molecular flexibility index (Phi) is 4.59. The molecule has 0 radical (unpaired) electrons. The van der Waals surface area contributed by atoms with Crippen LogP contribution in [0.5, 0.6) is 0 Å². The number of benzene rings is 2. The molecule has 21 heavy (non-hydrogen) atoms. The molecule has 0 aliphatic rings. The average molecular weight is 416 g/mol. The monoisotopic (exact) mass is 414 g/mol. The molecule has 2 aromatic carbocycles. The van der Waals surface area contributed by atoms with Gasteiger partial charge in [0, 0.05) is 21.1 Å². The molecule has 2 rings (SSSR count). The Morgan fingerprint density at radius 2 is 1.76 bits per heavy atom. The number of carbonyl (C=O) groups is 1. The van der Waals surface area contributed by atoms with Gasteiger partial charge in [-0.25, -0.2) is 9.69 Å². The standard InChI is InChI=1S/C13H8Br2N2O4/c14-8-1-6-12(11(15)7-8)16(13(18)19)9-2-4-10(5-3-9)17(20)21/h1-7H,(H,18,19). The summed E-state index contributed by atoms with van der Waals surface area (Å²) in [6.07, 6.45) is -1.19. The summed E-state index contributed by atoms with van der Waals surface area (Å²) in [6, 6.07) is 10.4. The molecule has 0 unspecified atom stereocenters. The average Bonchev–Trinajstić information content (AvgIpc) is 2.42. The van der Waals surface area contributed by atoms with Crippen LogP contribution < -0.4 is 4.90 Å². The number of hydrogen-bond acceptors (Lipinski definition) is 3. The summed E-state index contributed by atoms with van der Waals surface area (Å²) in [5, 5.41) is 20.1. The second-order valence-corrected chi connectivity index (χ2v) is 5.76. The van der Waals surface area contributed by atoms with Gasteiger partial charge in [-0.1, -0.05) is 15.9 Å². The second-order valence-electron chi connectivity index (χ2n) is 3.99. The van der Waals surface area contributed by atoms with Crippen molar-refractivity contribution in [3.63, 3.8) is 0 Å². The lowest BCUT2D eigenvalue weighted by Crippen LogP contribution is -2.23. The number of anilines is 2. The van der Waals surface area contributed by atoms with E-state index in [4.69, 9.17) is 0 Å². The molecule has 6 nitrogen and oxygen atoms in total. The summed E-state index contributed by atoms with van der Waals surface area (Å²) < 4.78 is 1.38. The molecule has 0 saturated heterocycles. The molecule has 0 aliphatic carbocycles. The highest BCUT2D eigenvalue weighted by atomic mass is 79.9. The first-order valence-corrected chi connectivity index (χ1v) is 7.21. The van der Waals surface area contributed by atoms with Gasteiger partial charge in [0.05, 0.1) is 16.3 Å². The number of nitro benzene ring substituents is 1. The molecular weight excluding hydrogens is 408 g/mol. The van der Waals surface area contributed by atoms with E-state index in [1.54, 1.807) is 18.2 Å². The van der Waals surface area contributed by atoms with Gasteiger partial charge in [-0.3, -0.25) is 10.1 Å². The van der Waals surface area contributed by atoms with E-state index in [1.807, 2.05) is 0 Å². The molecule has 108 valence electrons. The molecule has 0 atom stereocenters. The highest BCUT2D eigenvalue weighted by molar-refractivity contribution is 9.11. The van der Waals surface area contributed by atoms with E-state index >= 15 is 0 Å². The van der Waals surface area contributed by atoms with Crippen LogP contribution in [0.15, 0.2) is 51.4 Å². The number of nitro groups is 1. The number of halogens is 2. The predicted molar refractivity (Wildman–Crippen MR) is 85.1 cm³/mol. The maximum atomic E-state index is 11.5. The minimum absolute atomic E-state index is 0.0982. The van der Waals surface area contributed by atoms with E-state index in [0.29, 0.717) is 15.8 Å². The van der Waals surface area contributed by atoms with Crippen molar-refractivity contribution < 1.29 is 14.8 Å². The van der Waals surface area contributed by atoms with Gasteiger partial charge in [0.15, 0.2) is 0 Å². The van der Waals surface area contributed by atoms with E-state index in [0.717, 1.165) is 9.37 Å². The molecule has 1 amide bonds. The van der Waals surface area contributed by atoms with Crippen molar-refractivity contribution in [3.8, 4) is 0 Å². The number of nitrogens with zero attached hydrogens (tertiary/aromatic N) is 2. The van der Waals surface area contributed by atoms with Crippen LogP contribution in [0.2, 0.25) is 0 Å². The number of non-ortho nitro benzene ring substituents is 1. The molecule has 0 spiro atoms. The van der Waals surface area contributed by atoms with Crippen LogP contribution in [0.4, 0.5) is 21.9 Å². The molecule has 0 saturated carbocycles. The first-order chi connectivity index (χ1) is 9.90. The summed E-state index contributed by atoms with van der Waals surface area (Å²) in [5.41, 5.74) is 0.634. The normalized spacial score (nSPS) is 10.2. The van der Waals surface area contributed by atoms with Gasteiger partial charge >= 0.3 is 6.09 Å². The first-order valence-electron chi connectivity index (χ1n) is 5.62.